The predicted molar refractivity (Wildman–Crippen MR) is 35.5 cm³/mol. The highest BCUT2D eigenvalue weighted by Gasteiger charge is 2.12. The number of aliphatic carboxylic acids is 1. The van der Waals surface area contributed by atoms with E-state index in [0.29, 0.717) is 12.8 Å². The quantitative estimate of drug-likeness (QED) is 0.367. The highest BCUT2D eigenvalue weighted by molar-refractivity contribution is 5.73. The first-order valence-corrected chi connectivity index (χ1v) is 2.99. The minimum atomic E-state index is -1.06. The third kappa shape index (κ3) is 2.94. The van der Waals surface area contributed by atoms with Gasteiger partial charge in [-0.15, -0.1) is 0 Å². The molecular formula is C5H9N3O2. The van der Waals surface area contributed by atoms with Crippen molar-refractivity contribution >= 4 is 5.97 Å². The van der Waals surface area contributed by atoms with Gasteiger partial charge in [0.05, 0.1) is 0 Å². The molecule has 1 atom stereocenters. The maximum Gasteiger partial charge on any atom is 0.312 e. The summed E-state index contributed by atoms with van der Waals surface area (Å²) in [4.78, 5) is 12.6. The monoisotopic (exact) mass is 143 g/mol. The van der Waals surface area contributed by atoms with Gasteiger partial charge in [0.15, 0.2) is 0 Å². The number of rotatable bonds is 4. The van der Waals surface area contributed by atoms with Crippen molar-refractivity contribution in [2.24, 2.45) is 5.11 Å². The molecule has 0 rings (SSSR count). The number of carboxylic acid groups (broad SMARTS) is 1. The van der Waals surface area contributed by atoms with Gasteiger partial charge in [0, 0.05) is 4.91 Å². The second kappa shape index (κ2) is 4.64. The summed E-state index contributed by atoms with van der Waals surface area (Å²) in [6.07, 6.45) is 1.11. The van der Waals surface area contributed by atoms with Gasteiger partial charge in [-0.3, -0.25) is 4.79 Å². The molecule has 5 heteroatoms. The standard InChI is InChI=1S/C5H9N3O2/c1-2-3-4(5(9)10)7-8-6/h4H,2-3H2,1H3,(H,9,10). The lowest BCUT2D eigenvalue weighted by Gasteiger charge is -2.00. The molecule has 0 spiro atoms. The van der Waals surface area contributed by atoms with Crippen LogP contribution in [0.4, 0.5) is 0 Å². The van der Waals surface area contributed by atoms with E-state index in [2.05, 4.69) is 10.0 Å². The zero-order valence-corrected chi connectivity index (χ0v) is 5.69. The molecule has 0 aliphatic heterocycles. The maximum atomic E-state index is 10.2. The Kier molecular flexibility index (Phi) is 4.07. The molecule has 0 aromatic carbocycles. The number of hydrogen-bond acceptors (Lipinski definition) is 2. The van der Waals surface area contributed by atoms with E-state index in [1.807, 2.05) is 6.92 Å². The summed E-state index contributed by atoms with van der Waals surface area (Å²) in [5.74, 6) is -1.06. The van der Waals surface area contributed by atoms with Crippen molar-refractivity contribution in [3.05, 3.63) is 10.4 Å². The van der Waals surface area contributed by atoms with Crippen LogP contribution in [0, 0.1) is 0 Å². The molecule has 0 saturated heterocycles. The van der Waals surface area contributed by atoms with Crippen LogP contribution in [0.25, 0.3) is 10.4 Å². The van der Waals surface area contributed by atoms with Crippen LogP contribution < -0.4 is 0 Å². The fraction of sp³-hybridized carbons (Fsp3) is 0.800. The summed E-state index contributed by atoms with van der Waals surface area (Å²) >= 11 is 0. The van der Waals surface area contributed by atoms with Gasteiger partial charge >= 0.3 is 5.97 Å². The smallest absolute Gasteiger partial charge is 0.312 e. The third-order valence-electron chi connectivity index (χ3n) is 1.04. The molecule has 0 aromatic rings. The van der Waals surface area contributed by atoms with E-state index in [1.54, 1.807) is 0 Å². The number of carboxylic acids is 1. The highest BCUT2D eigenvalue weighted by atomic mass is 16.4. The van der Waals surface area contributed by atoms with Gasteiger partial charge in [0.25, 0.3) is 0 Å². The van der Waals surface area contributed by atoms with Crippen LogP contribution in [0.1, 0.15) is 19.8 Å². The van der Waals surface area contributed by atoms with Gasteiger partial charge in [0.1, 0.15) is 6.04 Å². The van der Waals surface area contributed by atoms with Crippen LogP contribution in [0.2, 0.25) is 0 Å². The van der Waals surface area contributed by atoms with Crippen molar-refractivity contribution < 1.29 is 9.90 Å². The predicted octanol–water partition coefficient (Wildman–Crippen LogP) is 1.55. The normalized spacial score (nSPS) is 11.7. The first-order valence-electron chi connectivity index (χ1n) is 2.99. The number of nitrogens with zero attached hydrogens (tertiary/aromatic N) is 3. The molecular weight excluding hydrogens is 134 g/mol. The van der Waals surface area contributed by atoms with E-state index in [-0.39, 0.29) is 0 Å². The third-order valence-corrected chi connectivity index (χ3v) is 1.04. The molecule has 0 fully saturated rings. The second-order valence-electron chi connectivity index (χ2n) is 1.85. The Morgan fingerprint density at radius 2 is 2.50 bits per heavy atom. The molecule has 1 unspecified atom stereocenters. The summed E-state index contributed by atoms with van der Waals surface area (Å²) in [6.45, 7) is 1.84. The molecule has 0 heterocycles. The number of carbonyl (C=O) groups is 1. The summed E-state index contributed by atoms with van der Waals surface area (Å²) < 4.78 is 0. The van der Waals surface area contributed by atoms with Gasteiger partial charge in [0.2, 0.25) is 0 Å². The molecule has 0 saturated carbocycles. The van der Waals surface area contributed by atoms with E-state index < -0.39 is 12.0 Å². The Hall–Kier alpha value is -1.22. The van der Waals surface area contributed by atoms with Crippen LogP contribution in [-0.4, -0.2) is 17.1 Å². The van der Waals surface area contributed by atoms with Crippen molar-refractivity contribution in [2.75, 3.05) is 0 Å². The molecule has 56 valence electrons. The van der Waals surface area contributed by atoms with Crippen LogP contribution in [-0.2, 0) is 4.79 Å². The first kappa shape index (κ1) is 8.78. The summed E-state index contributed by atoms with van der Waals surface area (Å²) in [5, 5.41) is 11.5. The Morgan fingerprint density at radius 3 is 2.80 bits per heavy atom. The van der Waals surface area contributed by atoms with E-state index in [4.69, 9.17) is 10.6 Å². The van der Waals surface area contributed by atoms with Crippen molar-refractivity contribution in [3.63, 3.8) is 0 Å². The molecule has 5 nitrogen and oxygen atoms in total. The Bertz CT molecular complexity index is 160. The van der Waals surface area contributed by atoms with Crippen molar-refractivity contribution in [1.82, 2.24) is 0 Å². The van der Waals surface area contributed by atoms with Crippen LogP contribution in [0.5, 0.6) is 0 Å². The summed E-state index contributed by atoms with van der Waals surface area (Å²) in [6, 6.07) is -0.894. The number of hydrogen-bond donors (Lipinski definition) is 1. The van der Waals surface area contributed by atoms with Crippen molar-refractivity contribution in [1.29, 1.82) is 0 Å². The minimum absolute atomic E-state index is 0.402. The molecule has 1 N–H and O–H groups in total. The van der Waals surface area contributed by atoms with Gasteiger partial charge in [-0.05, 0) is 12.0 Å². The molecule has 0 aromatic heterocycles. The van der Waals surface area contributed by atoms with E-state index in [9.17, 15) is 4.79 Å². The van der Waals surface area contributed by atoms with E-state index in [0.717, 1.165) is 0 Å². The molecule has 0 aliphatic carbocycles. The topological polar surface area (TPSA) is 86.1 Å². The van der Waals surface area contributed by atoms with Crippen molar-refractivity contribution in [3.8, 4) is 0 Å². The first-order chi connectivity index (χ1) is 4.72. The van der Waals surface area contributed by atoms with E-state index >= 15 is 0 Å². The summed E-state index contributed by atoms with van der Waals surface area (Å²) in [7, 11) is 0. The zero-order chi connectivity index (χ0) is 7.98. The fourth-order valence-corrected chi connectivity index (χ4v) is 0.566. The Labute approximate surface area is 58.3 Å². The summed E-state index contributed by atoms with van der Waals surface area (Å²) in [5.41, 5.74) is 7.91. The zero-order valence-electron chi connectivity index (χ0n) is 5.69. The molecule has 0 amide bonds. The molecule has 0 radical (unpaired) electrons. The lowest BCUT2D eigenvalue weighted by Crippen LogP contribution is -2.16. The van der Waals surface area contributed by atoms with Crippen LogP contribution >= 0.6 is 0 Å². The Morgan fingerprint density at radius 1 is 1.90 bits per heavy atom. The average molecular weight is 143 g/mol. The van der Waals surface area contributed by atoms with Gasteiger partial charge in [-0.1, -0.05) is 18.5 Å². The molecule has 10 heavy (non-hydrogen) atoms. The Balaban J connectivity index is 3.97. The lowest BCUT2D eigenvalue weighted by molar-refractivity contribution is -0.138. The largest absolute Gasteiger partial charge is 0.481 e. The van der Waals surface area contributed by atoms with Crippen LogP contribution in [0.3, 0.4) is 0 Å². The fourth-order valence-electron chi connectivity index (χ4n) is 0.566. The second-order valence-corrected chi connectivity index (χ2v) is 1.85. The minimum Gasteiger partial charge on any atom is -0.481 e. The number of azide groups is 1. The molecule has 0 bridgehead atoms. The van der Waals surface area contributed by atoms with Crippen molar-refractivity contribution in [2.45, 2.75) is 25.8 Å². The maximum absolute atomic E-state index is 10.2. The molecule has 0 aliphatic rings. The van der Waals surface area contributed by atoms with Gasteiger partial charge in [-0.25, -0.2) is 0 Å². The lowest BCUT2D eigenvalue weighted by atomic mass is 10.2. The highest BCUT2D eigenvalue weighted by Crippen LogP contribution is 2.01. The average Bonchev–Trinajstić information content (AvgIpc) is 1.87. The SMILES string of the molecule is CCCC(N=[N+]=[N-])C(=O)O. The van der Waals surface area contributed by atoms with Gasteiger partial charge in [-0.2, -0.15) is 0 Å². The van der Waals surface area contributed by atoms with E-state index in [1.165, 1.54) is 0 Å². The van der Waals surface area contributed by atoms with Gasteiger partial charge < -0.3 is 5.11 Å². The van der Waals surface area contributed by atoms with Crippen LogP contribution in [0.15, 0.2) is 5.11 Å².